The number of aromatic nitrogens is 3. The highest BCUT2D eigenvalue weighted by atomic mass is 16.5. The highest BCUT2D eigenvalue weighted by Crippen LogP contribution is 2.41. The van der Waals surface area contributed by atoms with E-state index in [0.29, 0.717) is 25.0 Å². The second kappa shape index (κ2) is 5.66. The van der Waals surface area contributed by atoms with Crippen molar-refractivity contribution in [2.75, 3.05) is 13.2 Å². The summed E-state index contributed by atoms with van der Waals surface area (Å²) >= 11 is 0. The van der Waals surface area contributed by atoms with E-state index >= 15 is 0 Å². The lowest BCUT2D eigenvalue weighted by Gasteiger charge is -2.34. The minimum absolute atomic E-state index is 0.254. The van der Waals surface area contributed by atoms with Gasteiger partial charge in [0.1, 0.15) is 5.69 Å². The molecule has 5 heteroatoms. The molecule has 118 valence electrons. The van der Waals surface area contributed by atoms with E-state index in [-0.39, 0.29) is 5.41 Å². The Morgan fingerprint density at radius 3 is 2.48 bits per heavy atom. The van der Waals surface area contributed by atoms with Crippen molar-refractivity contribution in [3.05, 3.63) is 60.1 Å². The summed E-state index contributed by atoms with van der Waals surface area (Å²) in [5.41, 5.74) is 1.89. The van der Waals surface area contributed by atoms with Gasteiger partial charge in [-0.2, -0.15) is 0 Å². The Hall–Kier alpha value is -2.40. The van der Waals surface area contributed by atoms with Gasteiger partial charge in [-0.15, -0.1) is 10.2 Å². The molecule has 0 saturated carbocycles. The number of benzene rings is 1. The molecule has 2 aromatic heterocycles. The maximum Gasteiger partial charge on any atom is 0.264 e. The minimum atomic E-state index is -0.254. The zero-order valence-electron chi connectivity index (χ0n) is 13.1. The van der Waals surface area contributed by atoms with Gasteiger partial charge in [-0.3, -0.25) is 0 Å². The number of ether oxygens (including phenoxy) is 1. The van der Waals surface area contributed by atoms with Crippen LogP contribution in [0.2, 0.25) is 0 Å². The fraction of sp³-hybridized carbons (Fsp3) is 0.333. The Balaban J connectivity index is 1.79. The van der Waals surface area contributed by atoms with Gasteiger partial charge >= 0.3 is 0 Å². The van der Waals surface area contributed by atoms with Crippen molar-refractivity contribution < 1.29 is 9.15 Å². The predicted octanol–water partition coefficient (Wildman–Crippen LogP) is 3.17. The van der Waals surface area contributed by atoms with Crippen LogP contribution < -0.4 is 0 Å². The third kappa shape index (κ3) is 2.37. The molecule has 3 aromatic rings. The summed E-state index contributed by atoms with van der Waals surface area (Å²) in [4.78, 5) is 0. The van der Waals surface area contributed by atoms with Gasteiger partial charge in [0.15, 0.2) is 0 Å². The minimum Gasteiger partial charge on any atom is -0.418 e. The van der Waals surface area contributed by atoms with Crippen LogP contribution in [0.5, 0.6) is 0 Å². The molecule has 0 N–H and O–H groups in total. The molecular formula is C18H19N3O2. The van der Waals surface area contributed by atoms with Crippen molar-refractivity contribution in [2.24, 2.45) is 7.05 Å². The Labute approximate surface area is 134 Å². The molecule has 23 heavy (non-hydrogen) atoms. The molecular weight excluding hydrogens is 290 g/mol. The molecule has 5 nitrogen and oxygen atoms in total. The summed E-state index contributed by atoms with van der Waals surface area (Å²) in [6.07, 6.45) is 3.68. The second-order valence-corrected chi connectivity index (χ2v) is 5.98. The summed E-state index contributed by atoms with van der Waals surface area (Å²) in [6, 6.07) is 14.4. The van der Waals surface area contributed by atoms with Gasteiger partial charge in [-0.1, -0.05) is 30.3 Å². The average Bonchev–Trinajstić information content (AvgIpc) is 3.25. The molecule has 1 aromatic carbocycles. The second-order valence-electron chi connectivity index (χ2n) is 5.98. The van der Waals surface area contributed by atoms with Gasteiger partial charge in [0.2, 0.25) is 5.89 Å². The van der Waals surface area contributed by atoms with Gasteiger partial charge in [-0.25, -0.2) is 0 Å². The van der Waals surface area contributed by atoms with Crippen LogP contribution in [0.3, 0.4) is 0 Å². The van der Waals surface area contributed by atoms with Gasteiger partial charge in [0.05, 0.1) is 5.41 Å². The van der Waals surface area contributed by atoms with Gasteiger partial charge < -0.3 is 13.7 Å². The monoisotopic (exact) mass is 309 g/mol. The Morgan fingerprint density at radius 1 is 1.00 bits per heavy atom. The smallest absolute Gasteiger partial charge is 0.264 e. The first-order valence-corrected chi connectivity index (χ1v) is 7.88. The van der Waals surface area contributed by atoms with Crippen molar-refractivity contribution in [3.63, 3.8) is 0 Å². The maximum atomic E-state index is 6.11. The molecule has 4 rings (SSSR count). The molecule has 0 atom stereocenters. The fourth-order valence-electron chi connectivity index (χ4n) is 3.31. The zero-order valence-corrected chi connectivity index (χ0v) is 13.1. The van der Waals surface area contributed by atoms with E-state index in [1.54, 1.807) is 0 Å². The number of nitrogens with zero attached hydrogens (tertiary/aromatic N) is 3. The molecule has 1 saturated heterocycles. The third-order valence-electron chi connectivity index (χ3n) is 4.67. The molecule has 0 spiro atoms. The first-order chi connectivity index (χ1) is 11.3. The summed E-state index contributed by atoms with van der Waals surface area (Å²) < 4.78 is 13.7. The standard InChI is InChI=1S/C18H19N3O2/c1-21-11-5-8-15(21)16-19-20-17(23-16)18(9-12-22-13-10-18)14-6-3-2-4-7-14/h2-8,11H,9-10,12-13H2,1H3. The summed E-state index contributed by atoms with van der Waals surface area (Å²) in [6.45, 7) is 1.41. The van der Waals surface area contributed by atoms with E-state index in [1.165, 1.54) is 5.56 Å². The van der Waals surface area contributed by atoms with Crippen molar-refractivity contribution >= 4 is 0 Å². The topological polar surface area (TPSA) is 53.1 Å². The van der Waals surface area contributed by atoms with Gasteiger partial charge in [0, 0.05) is 26.5 Å². The molecule has 0 bridgehead atoms. The Morgan fingerprint density at radius 2 is 1.78 bits per heavy atom. The molecule has 1 fully saturated rings. The lowest BCUT2D eigenvalue weighted by Crippen LogP contribution is -2.35. The van der Waals surface area contributed by atoms with E-state index in [4.69, 9.17) is 9.15 Å². The fourth-order valence-corrected chi connectivity index (χ4v) is 3.31. The lowest BCUT2D eigenvalue weighted by atomic mass is 9.74. The van der Waals surface area contributed by atoms with Crippen molar-refractivity contribution in [3.8, 4) is 11.6 Å². The molecule has 0 aliphatic carbocycles. The van der Waals surface area contributed by atoms with E-state index in [9.17, 15) is 0 Å². The number of hydrogen-bond donors (Lipinski definition) is 0. The van der Waals surface area contributed by atoms with E-state index < -0.39 is 0 Å². The van der Waals surface area contributed by atoms with Crippen LogP contribution in [0, 0.1) is 0 Å². The summed E-state index contributed by atoms with van der Waals surface area (Å²) in [5, 5.41) is 8.69. The molecule has 1 aliphatic heterocycles. The average molecular weight is 309 g/mol. The van der Waals surface area contributed by atoms with Crippen LogP contribution in [0.15, 0.2) is 53.1 Å². The van der Waals surface area contributed by atoms with Crippen LogP contribution in [-0.4, -0.2) is 28.0 Å². The van der Waals surface area contributed by atoms with Crippen molar-refractivity contribution in [1.29, 1.82) is 0 Å². The zero-order chi connectivity index (χ0) is 15.7. The van der Waals surface area contributed by atoms with Gasteiger partial charge in [-0.05, 0) is 30.5 Å². The molecule has 0 radical (unpaired) electrons. The third-order valence-corrected chi connectivity index (χ3v) is 4.67. The van der Waals surface area contributed by atoms with Crippen LogP contribution in [0.25, 0.3) is 11.6 Å². The Kier molecular flexibility index (Phi) is 3.50. The Bertz CT molecular complexity index is 785. The van der Waals surface area contributed by atoms with E-state index in [0.717, 1.165) is 18.5 Å². The largest absolute Gasteiger partial charge is 0.418 e. The van der Waals surface area contributed by atoms with Crippen LogP contribution in [0.4, 0.5) is 0 Å². The quantitative estimate of drug-likeness (QED) is 0.745. The molecule has 0 amide bonds. The number of rotatable bonds is 3. The lowest BCUT2D eigenvalue weighted by molar-refractivity contribution is 0.0546. The molecule has 3 heterocycles. The van der Waals surface area contributed by atoms with E-state index in [1.807, 2.05) is 36.0 Å². The number of hydrogen-bond acceptors (Lipinski definition) is 4. The highest BCUT2D eigenvalue weighted by Gasteiger charge is 2.41. The van der Waals surface area contributed by atoms with Gasteiger partial charge in [0.25, 0.3) is 5.89 Å². The normalized spacial score (nSPS) is 17.3. The SMILES string of the molecule is Cn1cccc1-c1nnc(C2(c3ccccc3)CCOCC2)o1. The summed E-state index contributed by atoms with van der Waals surface area (Å²) in [5.74, 6) is 1.25. The van der Waals surface area contributed by atoms with Crippen LogP contribution in [0.1, 0.15) is 24.3 Å². The highest BCUT2D eigenvalue weighted by molar-refractivity contribution is 5.48. The maximum absolute atomic E-state index is 6.11. The molecule has 0 unspecified atom stereocenters. The first-order valence-electron chi connectivity index (χ1n) is 7.88. The van der Waals surface area contributed by atoms with Crippen molar-refractivity contribution in [2.45, 2.75) is 18.3 Å². The van der Waals surface area contributed by atoms with Crippen LogP contribution >= 0.6 is 0 Å². The first kappa shape index (κ1) is 14.2. The van der Waals surface area contributed by atoms with Crippen LogP contribution in [-0.2, 0) is 17.2 Å². The van der Waals surface area contributed by atoms with E-state index in [2.05, 4.69) is 34.5 Å². The van der Waals surface area contributed by atoms with Crippen molar-refractivity contribution in [1.82, 2.24) is 14.8 Å². The summed E-state index contributed by atoms with van der Waals surface area (Å²) in [7, 11) is 1.97. The predicted molar refractivity (Wildman–Crippen MR) is 86.0 cm³/mol. The number of aryl methyl sites for hydroxylation is 1. The molecule has 1 aliphatic rings.